The average Bonchev–Trinajstić information content (AvgIpc) is 3.04. The lowest BCUT2D eigenvalue weighted by Crippen LogP contribution is -2.45. The maximum Gasteiger partial charge on any atom is 0.269 e. The molecule has 32 heavy (non-hydrogen) atoms. The molecule has 2 bridgehead atoms. The molecule has 2 aromatic carbocycles. The van der Waals surface area contributed by atoms with Crippen LogP contribution in [0.2, 0.25) is 0 Å². The molecule has 0 amide bonds. The van der Waals surface area contributed by atoms with Crippen molar-refractivity contribution in [1.29, 1.82) is 0 Å². The average molecular weight is 448 g/mol. The SMILES string of the molecule is O=[N+]([O-])c1cccc(C2OC[C@H]3OC(c4cccc([N+](=O)[O-])c4)O[C@@H](CO)[C@H](O2)[C@H]3O)c1. The van der Waals surface area contributed by atoms with E-state index in [0.29, 0.717) is 11.1 Å². The van der Waals surface area contributed by atoms with E-state index in [-0.39, 0.29) is 18.0 Å². The van der Waals surface area contributed by atoms with E-state index in [9.17, 15) is 30.4 Å². The van der Waals surface area contributed by atoms with Crippen LogP contribution in [0.5, 0.6) is 0 Å². The van der Waals surface area contributed by atoms with Crippen LogP contribution < -0.4 is 0 Å². The fourth-order valence-corrected chi connectivity index (χ4v) is 3.66. The molecule has 2 fully saturated rings. The number of fused-ring (bicyclic) bond motifs is 2. The number of benzene rings is 2. The highest BCUT2D eigenvalue weighted by Gasteiger charge is 2.46. The van der Waals surface area contributed by atoms with Crippen molar-refractivity contribution in [2.75, 3.05) is 13.2 Å². The summed E-state index contributed by atoms with van der Waals surface area (Å²) in [6.45, 7) is -0.706. The van der Waals surface area contributed by atoms with Gasteiger partial charge in [0.15, 0.2) is 12.6 Å². The van der Waals surface area contributed by atoms with Crippen LogP contribution in [0, 0.1) is 20.2 Å². The topological polar surface area (TPSA) is 164 Å². The molecule has 12 nitrogen and oxygen atoms in total. The number of ether oxygens (including phenoxy) is 4. The van der Waals surface area contributed by atoms with Crippen LogP contribution >= 0.6 is 0 Å². The van der Waals surface area contributed by atoms with Gasteiger partial charge in [-0.3, -0.25) is 20.2 Å². The minimum Gasteiger partial charge on any atom is -0.394 e. The molecule has 2 saturated heterocycles. The molecule has 0 radical (unpaired) electrons. The van der Waals surface area contributed by atoms with Crippen molar-refractivity contribution < 1.29 is 39.0 Å². The maximum absolute atomic E-state index is 11.1. The highest BCUT2D eigenvalue weighted by Crippen LogP contribution is 2.37. The van der Waals surface area contributed by atoms with E-state index < -0.39 is 53.4 Å². The van der Waals surface area contributed by atoms with E-state index in [1.807, 2.05) is 0 Å². The number of aliphatic hydroxyl groups is 2. The molecule has 12 heteroatoms. The second-order valence-electron chi connectivity index (χ2n) is 7.32. The van der Waals surface area contributed by atoms with E-state index in [2.05, 4.69) is 0 Å². The number of nitrogens with zero attached hydrogens (tertiary/aromatic N) is 2. The van der Waals surface area contributed by atoms with Gasteiger partial charge in [-0.2, -0.15) is 0 Å². The van der Waals surface area contributed by atoms with Crippen LogP contribution in [0.3, 0.4) is 0 Å². The zero-order chi connectivity index (χ0) is 22.8. The minimum atomic E-state index is -1.26. The molecular weight excluding hydrogens is 428 g/mol. The first-order valence-electron chi connectivity index (χ1n) is 9.73. The summed E-state index contributed by atoms with van der Waals surface area (Å²) in [7, 11) is 0. The molecule has 2 unspecified atom stereocenters. The lowest BCUT2D eigenvalue weighted by molar-refractivity contribution is -0.385. The van der Waals surface area contributed by atoms with Crippen molar-refractivity contribution in [2.24, 2.45) is 0 Å². The molecular formula is C20H20N2O10. The molecule has 4 rings (SSSR count). The second-order valence-corrected chi connectivity index (χ2v) is 7.32. The number of rotatable bonds is 5. The third kappa shape index (κ3) is 4.46. The van der Waals surface area contributed by atoms with Crippen molar-refractivity contribution in [3.63, 3.8) is 0 Å². The van der Waals surface area contributed by atoms with Crippen LogP contribution in [-0.2, 0) is 18.9 Å². The molecule has 2 aromatic rings. The van der Waals surface area contributed by atoms with Gasteiger partial charge < -0.3 is 29.2 Å². The Bertz CT molecular complexity index is 1000. The third-order valence-corrected chi connectivity index (χ3v) is 5.26. The predicted octanol–water partition coefficient (Wildman–Crippen LogP) is 1.75. The number of hydrogen-bond acceptors (Lipinski definition) is 10. The zero-order valence-corrected chi connectivity index (χ0v) is 16.6. The van der Waals surface area contributed by atoms with Crippen LogP contribution in [0.1, 0.15) is 23.7 Å². The van der Waals surface area contributed by atoms with Gasteiger partial charge in [-0.15, -0.1) is 0 Å². The standard InChI is InChI=1S/C20H20N2O10/c23-9-15-18-17(24)16(31-20(30-15)12-4-2-6-14(8-12)22(27)28)10-29-19(32-18)11-3-1-5-13(7-11)21(25)26/h1-8,15-20,23-24H,9-10H2/t15-,16+,17-,18-,19?,20?/m0/s1. The number of hydrogen-bond donors (Lipinski definition) is 2. The Hall–Kier alpha value is -3.00. The summed E-state index contributed by atoms with van der Waals surface area (Å²) in [4.78, 5) is 21.1. The van der Waals surface area contributed by atoms with E-state index in [1.165, 1.54) is 36.4 Å². The van der Waals surface area contributed by atoms with E-state index in [0.717, 1.165) is 0 Å². The summed E-state index contributed by atoms with van der Waals surface area (Å²) in [5.41, 5.74) is 0.353. The highest BCUT2D eigenvalue weighted by molar-refractivity contribution is 5.36. The number of nitro benzene ring substituents is 2. The highest BCUT2D eigenvalue weighted by atomic mass is 16.8. The van der Waals surface area contributed by atoms with Crippen molar-refractivity contribution in [3.05, 3.63) is 79.9 Å². The maximum atomic E-state index is 11.1. The summed E-state index contributed by atoms with van der Waals surface area (Å²) in [6.07, 6.45) is -6.58. The summed E-state index contributed by atoms with van der Waals surface area (Å²) in [5.74, 6) is 0. The van der Waals surface area contributed by atoms with Gasteiger partial charge in [0.2, 0.25) is 0 Å². The first-order chi connectivity index (χ1) is 15.4. The van der Waals surface area contributed by atoms with Gasteiger partial charge in [0.25, 0.3) is 11.4 Å². The van der Waals surface area contributed by atoms with Gasteiger partial charge in [-0.1, -0.05) is 24.3 Å². The van der Waals surface area contributed by atoms with Gasteiger partial charge in [0.1, 0.15) is 24.4 Å². The quantitative estimate of drug-likeness (QED) is 0.509. The Labute approximate surface area is 181 Å². The lowest BCUT2D eigenvalue weighted by Gasteiger charge is -2.29. The Morgan fingerprint density at radius 1 is 0.906 bits per heavy atom. The largest absolute Gasteiger partial charge is 0.394 e. The van der Waals surface area contributed by atoms with Gasteiger partial charge in [0, 0.05) is 35.4 Å². The number of nitro groups is 2. The molecule has 170 valence electrons. The Kier molecular flexibility index (Phi) is 6.41. The zero-order valence-electron chi connectivity index (χ0n) is 16.6. The fraction of sp³-hybridized carbons (Fsp3) is 0.400. The molecule has 6 atom stereocenters. The Balaban J connectivity index is 1.61. The third-order valence-electron chi connectivity index (χ3n) is 5.26. The second kappa shape index (κ2) is 9.24. The minimum absolute atomic E-state index is 0.155. The van der Waals surface area contributed by atoms with Crippen LogP contribution in [-0.4, -0.2) is 57.7 Å². The van der Waals surface area contributed by atoms with Crippen LogP contribution in [0.25, 0.3) is 0 Å². The van der Waals surface area contributed by atoms with Gasteiger partial charge in [0.05, 0.1) is 23.1 Å². The molecule has 2 heterocycles. The first-order valence-corrected chi connectivity index (χ1v) is 9.73. The predicted molar refractivity (Wildman–Crippen MR) is 105 cm³/mol. The lowest BCUT2D eigenvalue weighted by atomic mass is 10.0. The van der Waals surface area contributed by atoms with E-state index in [1.54, 1.807) is 12.1 Å². The Morgan fingerprint density at radius 2 is 1.50 bits per heavy atom. The molecule has 2 N–H and O–H groups in total. The van der Waals surface area contributed by atoms with Gasteiger partial charge >= 0.3 is 0 Å². The van der Waals surface area contributed by atoms with Crippen molar-refractivity contribution in [2.45, 2.75) is 37.0 Å². The van der Waals surface area contributed by atoms with Gasteiger partial charge in [-0.05, 0) is 0 Å². The Morgan fingerprint density at radius 3 is 2.06 bits per heavy atom. The molecule has 0 spiro atoms. The summed E-state index contributed by atoms with van der Waals surface area (Å²) < 4.78 is 23.3. The van der Waals surface area contributed by atoms with Crippen LogP contribution in [0.4, 0.5) is 11.4 Å². The number of aliphatic hydroxyl groups excluding tert-OH is 2. The summed E-state index contributed by atoms with van der Waals surface area (Å²) >= 11 is 0. The molecule has 0 aromatic heterocycles. The molecule has 2 aliphatic heterocycles. The van der Waals surface area contributed by atoms with Crippen molar-refractivity contribution in [3.8, 4) is 0 Å². The smallest absolute Gasteiger partial charge is 0.269 e. The number of non-ortho nitro benzene ring substituents is 2. The van der Waals surface area contributed by atoms with Crippen molar-refractivity contribution >= 4 is 11.4 Å². The van der Waals surface area contributed by atoms with Crippen LogP contribution in [0.15, 0.2) is 48.5 Å². The summed E-state index contributed by atoms with van der Waals surface area (Å²) in [5, 5.41) is 42.9. The monoisotopic (exact) mass is 448 g/mol. The van der Waals surface area contributed by atoms with E-state index in [4.69, 9.17) is 18.9 Å². The van der Waals surface area contributed by atoms with Crippen molar-refractivity contribution in [1.82, 2.24) is 0 Å². The molecule has 0 saturated carbocycles. The molecule has 0 aliphatic carbocycles. The summed E-state index contributed by atoms with van der Waals surface area (Å²) in [6, 6.07) is 11.3. The molecule has 2 aliphatic rings. The fourth-order valence-electron chi connectivity index (χ4n) is 3.66. The normalized spacial score (nSPS) is 30.2. The van der Waals surface area contributed by atoms with Gasteiger partial charge in [-0.25, -0.2) is 0 Å². The van der Waals surface area contributed by atoms with E-state index >= 15 is 0 Å². The first kappa shape index (κ1) is 22.2.